The largest absolute Gasteiger partial charge is 0.330 e. The van der Waals surface area contributed by atoms with Gasteiger partial charge in [0.1, 0.15) is 5.69 Å². The number of para-hydroxylation sites is 1. The summed E-state index contributed by atoms with van der Waals surface area (Å²) in [7, 11) is 0. The van der Waals surface area contributed by atoms with Crippen molar-refractivity contribution in [2.45, 2.75) is 58.5 Å². The minimum absolute atomic E-state index is 0.0341. The lowest BCUT2D eigenvalue weighted by molar-refractivity contribution is 0.0655. The molecule has 1 N–H and O–H groups in total. The van der Waals surface area contributed by atoms with E-state index in [0.717, 1.165) is 53.4 Å². The number of carbonyl (C=O) groups excluding carboxylic acids is 2. The minimum atomic E-state index is -0.180. The maximum Gasteiger partial charge on any atom is 0.273 e. The molecule has 1 aliphatic carbocycles. The standard InChI is InChI=1S/C26H27N3O2/c1-16-12-13-21(17(2)14-16)28-25(30)23-19-10-6-7-11-22(19)27-24-20(23)15-29(26(24)31)18-8-4-3-5-9-18/h6-7,10-14,18H,3-5,8-9,15H2,1-2H3,(H,28,30). The number of pyridine rings is 1. The summed E-state index contributed by atoms with van der Waals surface area (Å²) >= 11 is 0. The molecule has 31 heavy (non-hydrogen) atoms. The Labute approximate surface area is 182 Å². The Morgan fingerprint density at radius 1 is 1.06 bits per heavy atom. The molecule has 1 aliphatic heterocycles. The van der Waals surface area contributed by atoms with Gasteiger partial charge in [0.05, 0.1) is 11.1 Å². The first-order valence-electron chi connectivity index (χ1n) is 11.1. The third kappa shape index (κ3) is 3.48. The fourth-order valence-electron chi connectivity index (χ4n) is 5.05. The molecule has 1 aromatic heterocycles. The fourth-order valence-corrected chi connectivity index (χ4v) is 5.05. The quantitative estimate of drug-likeness (QED) is 0.626. The highest BCUT2D eigenvalue weighted by Gasteiger charge is 2.38. The molecule has 0 saturated heterocycles. The smallest absolute Gasteiger partial charge is 0.273 e. The predicted molar refractivity (Wildman–Crippen MR) is 122 cm³/mol. The van der Waals surface area contributed by atoms with Crippen LogP contribution in [0.2, 0.25) is 0 Å². The number of aryl methyl sites for hydroxylation is 2. The molecule has 0 spiro atoms. The number of benzene rings is 2. The molecule has 5 rings (SSSR count). The van der Waals surface area contributed by atoms with E-state index in [-0.39, 0.29) is 17.9 Å². The van der Waals surface area contributed by atoms with Crippen molar-refractivity contribution in [3.8, 4) is 0 Å². The topological polar surface area (TPSA) is 62.3 Å². The minimum Gasteiger partial charge on any atom is -0.330 e. The zero-order valence-electron chi connectivity index (χ0n) is 18.1. The number of amides is 2. The second-order valence-corrected chi connectivity index (χ2v) is 8.83. The van der Waals surface area contributed by atoms with Crippen molar-refractivity contribution >= 4 is 28.4 Å². The molecule has 5 heteroatoms. The molecule has 2 amide bonds. The van der Waals surface area contributed by atoms with Crippen LogP contribution in [-0.4, -0.2) is 27.7 Å². The highest BCUT2D eigenvalue weighted by Crippen LogP contribution is 2.35. The lowest BCUT2D eigenvalue weighted by atomic mass is 9.94. The number of carbonyl (C=O) groups is 2. The van der Waals surface area contributed by atoms with E-state index in [0.29, 0.717) is 23.3 Å². The van der Waals surface area contributed by atoms with Gasteiger partial charge in [-0.3, -0.25) is 9.59 Å². The molecular weight excluding hydrogens is 386 g/mol. The number of nitrogens with zero attached hydrogens (tertiary/aromatic N) is 2. The van der Waals surface area contributed by atoms with Crippen LogP contribution in [0.4, 0.5) is 5.69 Å². The molecule has 1 fully saturated rings. The number of nitrogens with one attached hydrogen (secondary N) is 1. The van der Waals surface area contributed by atoms with E-state index in [4.69, 9.17) is 0 Å². The number of hydrogen-bond donors (Lipinski definition) is 1. The third-order valence-electron chi connectivity index (χ3n) is 6.66. The SMILES string of the molecule is Cc1ccc(NC(=O)c2c3c(nc4ccccc24)C(=O)N(C2CCCCC2)C3)c(C)c1. The van der Waals surface area contributed by atoms with Crippen LogP contribution in [-0.2, 0) is 6.54 Å². The summed E-state index contributed by atoms with van der Waals surface area (Å²) in [5.74, 6) is -0.215. The highest BCUT2D eigenvalue weighted by molar-refractivity contribution is 6.16. The molecular formula is C26H27N3O2. The Morgan fingerprint density at radius 3 is 2.61 bits per heavy atom. The third-order valence-corrected chi connectivity index (χ3v) is 6.66. The maximum atomic E-state index is 13.5. The average Bonchev–Trinajstić information content (AvgIpc) is 3.10. The van der Waals surface area contributed by atoms with Crippen LogP contribution in [0.5, 0.6) is 0 Å². The predicted octanol–water partition coefficient (Wildman–Crippen LogP) is 5.39. The first-order valence-corrected chi connectivity index (χ1v) is 11.1. The van der Waals surface area contributed by atoms with Crippen molar-refractivity contribution in [2.75, 3.05) is 5.32 Å². The first kappa shape index (κ1) is 19.7. The molecule has 0 radical (unpaired) electrons. The second kappa shape index (κ2) is 7.80. The molecule has 2 aliphatic rings. The summed E-state index contributed by atoms with van der Waals surface area (Å²) in [6.45, 7) is 4.49. The first-order chi connectivity index (χ1) is 15.0. The van der Waals surface area contributed by atoms with Crippen LogP contribution in [0.3, 0.4) is 0 Å². The summed E-state index contributed by atoms with van der Waals surface area (Å²) in [4.78, 5) is 33.5. The normalized spacial score (nSPS) is 16.6. The van der Waals surface area contributed by atoms with Gasteiger partial charge in [0, 0.05) is 29.2 Å². The summed E-state index contributed by atoms with van der Waals surface area (Å²) in [5, 5.41) is 3.88. The van der Waals surface area contributed by atoms with Crippen LogP contribution in [0, 0.1) is 13.8 Å². The average molecular weight is 414 g/mol. The number of aromatic nitrogens is 1. The Morgan fingerprint density at radius 2 is 1.84 bits per heavy atom. The van der Waals surface area contributed by atoms with Gasteiger partial charge in [0.25, 0.3) is 11.8 Å². The fraction of sp³-hybridized carbons (Fsp3) is 0.346. The number of anilines is 1. The Kier molecular flexibility index (Phi) is 4.97. The van der Waals surface area contributed by atoms with Gasteiger partial charge in [-0.05, 0) is 44.4 Å². The number of rotatable bonds is 3. The van der Waals surface area contributed by atoms with Crippen LogP contribution < -0.4 is 5.32 Å². The van der Waals surface area contributed by atoms with Gasteiger partial charge in [0.15, 0.2) is 0 Å². The molecule has 2 heterocycles. The van der Waals surface area contributed by atoms with Gasteiger partial charge in [-0.25, -0.2) is 4.98 Å². The van der Waals surface area contributed by atoms with Crippen molar-refractivity contribution in [3.63, 3.8) is 0 Å². The Bertz CT molecular complexity index is 1190. The van der Waals surface area contributed by atoms with Crippen molar-refractivity contribution in [1.29, 1.82) is 0 Å². The van der Waals surface area contributed by atoms with E-state index in [1.54, 1.807) is 0 Å². The van der Waals surface area contributed by atoms with Crippen molar-refractivity contribution in [3.05, 3.63) is 70.4 Å². The van der Waals surface area contributed by atoms with Crippen molar-refractivity contribution in [2.24, 2.45) is 0 Å². The molecule has 1 saturated carbocycles. The van der Waals surface area contributed by atoms with E-state index in [2.05, 4.69) is 16.4 Å². The Hall–Kier alpha value is -3.21. The monoisotopic (exact) mass is 413 g/mol. The summed E-state index contributed by atoms with van der Waals surface area (Å²) in [6, 6.07) is 13.8. The summed E-state index contributed by atoms with van der Waals surface area (Å²) in [5.41, 5.74) is 5.42. The van der Waals surface area contributed by atoms with Gasteiger partial charge >= 0.3 is 0 Å². The van der Waals surface area contributed by atoms with Crippen molar-refractivity contribution < 1.29 is 9.59 Å². The summed E-state index contributed by atoms with van der Waals surface area (Å²) in [6.07, 6.45) is 5.60. The van der Waals surface area contributed by atoms with Gasteiger partial charge < -0.3 is 10.2 Å². The van der Waals surface area contributed by atoms with Crippen molar-refractivity contribution in [1.82, 2.24) is 9.88 Å². The summed E-state index contributed by atoms with van der Waals surface area (Å²) < 4.78 is 0. The number of fused-ring (bicyclic) bond motifs is 2. The van der Waals surface area contributed by atoms with Crippen LogP contribution in [0.1, 0.15) is 69.6 Å². The van der Waals surface area contributed by atoms with Gasteiger partial charge in [0.2, 0.25) is 0 Å². The highest BCUT2D eigenvalue weighted by atomic mass is 16.2. The van der Waals surface area contributed by atoms with Crippen LogP contribution in [0.25, 0.3) is 10.9 Å². The molecule has 158 valence electrons. The number of hydrogen-bond acceptors (Lipinski definition) is 3. The van der Waals surface area contributed by atoms with E-state index >= 15 is 0 Å². The maximum absolute atomic E-state index is 13.5. The Balaban J connectivity index is 1.58. The van der Waals surface area contributed by atoms with Crippen LogP contribution >= 0.6 is 0 Å². The van der Waals surface area contributed by atoms with E-state index in [1.807, 2.05) is 55.1 Å². The van der Waals surface area contributed by atoms with Gasteiger partial charge in [-0.2, -0.15) is 0 Å². The zero-order chi connectivity index (χ0) is 21.5. The van der Waals surface area contributed by atoms with E-state index in [1.165, 1.54) is 6.42 Å². The van der Waals surface area contributed by atoms with E-state index < -0.39 is 0 Å². The molecule has 2 aromatic carbocycles. The second-order valence-electron chi connectivity index (χ2n) is 8.83. The van der Waals surface area contributed by atoms with E-state index in [9.17, 15) is 9.59 Å². The molecule has 3 aromatic rings. The molecule has 0 bridgehead atoms. The zero-order valence-corrected chi connectivity index (χ0v) is 18.1. The lowest BCUT2D eigenvalue weighted by Crippen LogP contribution is -2.37. The van der Waals surface area contributed by atoms with Crippen LogP contribution in [0.15, 0.2) is 42.5 Å². The van der Waals surface area contributed by atoms with Gasteiger partial charge in [-0.15, -0.1) is 0 Å². The molecule has 0 atom stereocenters. The van der Waals surface area contributed by atoms with Gasteiger partial charge in [-0.1, -0.05) is 55.2 Å². The lowest BCUT2D eigenvalue weighted by Gasteiger charge is -2.30. The molecule has 5 nitrogen and oxygen atoms in total. The molecule has 0 unspecified atom stereocenters.